The number of anilines is 1. The van der Waals surface area contributed by atoms with Crippen LogP contribution >= 0.6 is 46.2 Å². The van der Waals surface area contributed by atoms with Crippen molar-refractivity contribution in [3.8, 4) is 0 Å². The third-order valence-electron chi connectivity index (χ3n) is 5.25. The van der Waals surface area contributed by atoms with Crippen LogP contribution in [-0.4, -0.2) is 136 Å². The van der Waals surface area contributed by atoms with E-state index in [1.54, 1.807) is 6.92 Å². The molecule has 4 heterocycles. The van der Waals surface area contributed by atoms with Crippen molar-refractivity contribution in [1.29, 1.82) is 0 Å². The summed E-state index contributed by atoms with van der Waals surface area (Å²) < 4.78 is 0.617. The molecule has 0 aromatic carbocycles. The number of hydrogen-bond donors (Lipinski definition) is 4. The van der Waals surface area contributed by atoms with Crippen molar-refractivity contribution in [2.75, 3.05) is 24.3 Å². The Morgan fingerprint density at radius 1 is 1.34 bits per heavy atom. The molecule has 2 aliphatic heterocycles. The number of aryl methyl sites for hydroxylation is 1. The van der Waals surface area contributed by atoms with Gasteiger partial charge in [-0.05, 0) is 12.5 Å². The van der Waals surface area contributed by atoms with Crippen molar-refractivity contribution in [2.45, 2.75) is 29.1 Å². The summed E-state index contributed by atoms with van der Waals surface area (Å²) >= 11 is 4.98. The van der Waals surface area contributed by atoms with E-state index in [9.17, 15) is 24.3 Å². The first-order valence-corrected chi connectivity index (χ1v) is 14.2. The number of carboxylic acids is 2. The van der Waals surface area contributed by atoms with Crippen LogP contribution in [0.3, 0.4) is 0 Å². The zero-order valence-electron chi connectivity index (χ0n) is 19.3. The van der Waals surface area contributed by atoms with Gasteiger partial charge in [0.2, 0.25) is 0 Å². The molecule has 2 atom stereocenters. The number of carbonyl (C=O) groups is 4. The number of oxime groups is 1. The van der Waals surface area contributed by atoms with E-state index in [0.29, 0.717) is 26.2 Å². The summed E-state index contributed by atoms with van der Waals surface area (Å²) in [6.07, 6.45) is -0.132. The number of amides is 2. The minimum atomic E-state index is -1.25. The molecule has 38 heavy (non-hydrogen) atoms. The fourth-order valence-electron chi connectivity index (χ4n) is 3.61. The quantitative estimate of drug-likeness (QED) is 0.0932. The number of nitrogens with one attached hydrogen (secondary N) is 1. The van der Waals surface area contributed by atoms with Gasteiger partial charge in [-0.25, -0.2) is 14.8 Å². The zero-order chi connectivity index (χ0) is 26.9. The van der Waals surface area contributed by atoms with E-state index < -0.39 is 35.2 Å². The molecule has 0 spiro atoms. The second-order valence-electron chi connectivity index (χ2n) is 7.66. The Labute approximate surface area is 275 Å². The van der Waals surface area contributed by atoms with Gasteiger partial charge in [-0.3, -0.25) is 19.3 Å². The van der Waals surface area contributed by atoms with E-state index in [0.717, 1.165) is 11.3 Å². The Morgan fingerprint density at radius 3 is 2.68 bits per heavy atom. The van der Waals surface area contributed by atoms with Crippen molar-refractivity contribution in [3.63, 3.8) is 0 Å². The van der Waals surface area contributed by atoms with E-state index in [1.807, 2.05) is 0 Å². The van der Waals surface area contributed by atoms with E-state index in [1.165, 1.54) is 52.3 Å². The van der Waals surface area contributed by atoms with E-state index in [4.69, 9.17) is 15.7 Å². The van der Waals surface area contributed by atoms with Gasteiger partial charge in [0.05, 0.1) is 12.1 Å². The van der Waals surface area contributed by atoms with Crippen LogP contribution in [-0.2, 0) is 30.4 Å². The van der Waals surface area contributed by atoms with Crippen LogP contribution in [0.2, 0.25) is 0 Å². The molecule has 198 valence electrons. The Balaban J connectivity index is 0.00000400. The summed E-state index contributed by atoms with van der Waals surface area (Å²) in [4.78, 5) is 63.9. The SMILES string of the molecule is CO/N=C(\C(=O)N[C@@H]1C(=O)N2C(C(=O)O)=C(CSc3nc(C)c(CC(=O)O)s3)CS[C@H]12)c1csc(N)n1.[KH]. The predicted octanol–water partition coefficient (Wildman–Crippen LogP) is 0.350. The van der Waals surface area contributed by atoms with E-state index in [2.05, 4.69) is 20.4 Å². The molecule has 1 fully saturated rings. The van der Waals surface area contributed by atoms with Crippen LogP contribution in [0, 0.1) is 6.92 Å². The zero-order valence-corrected chi connectivity index (χ0v) is 22.6. The van der Waals surface area contributed by atoms with Crippen molar-refractivity contribution < 1.29 is 34.2 Å². The fourth-order valence-corrected chi connectivity index (χ4v) is 7.87. The van der Waals surface area contributed by atoms with Gasteiger partial charge in [0, 0.05) is 21.8 Å². The summed E-state index contributed by atoms with van der Waals surface area (Å²) in [6, 6.07) is -0.959. The Kier molecular flexibility index (Phi) is 10.8. The number of aliphatic carboxylic acids is 2. The second kappa shape index (κ2) is 13.2. The van der Waals surface area contributed by atoms with Crippen molar-refractivity contribution in [3.05, 3.63) is 32.9 Å². The predicted molar refractivity (Wildman–Crippen MR) is 146 cm³/mol. The summed E-state index contributed by atoms with van der Waals surface area (Å²) in [5.74, 6) is -2.89. The molecular formula is C20H21KN6O7S4. The molecule has 0 radical (unpaired) electrons. The molecule has 0 unspecified atom stereocenters. The number of carbonyl (C=O) groups excluding carboxylic acids is 2. The van der Waals surface area contributed by atoms with Gasteiger partial charge < -0.3 is 26.1 Å². The first-order chi connectivity index (χ1) is 17.6. The second-order valence-corrected chi connectivity index (χ2v) is 12.0. The number of fused-ring (bicyclic) bond motifs is 1. The average molecular weight is 625 g/mol. The van der Waals surface area contributed by atoms with Crippen LogP contribution in [0.5, 0.6) is 0 Å². The Hall–Kier alpha value is -1.51. The van der Waals surface area contributed by atoms with E-state index >= 15 is 0 Å². The number of nitrogens with two attached hydrogens (primary N) is 1. The van der Waals surface area contributed by atoms with Crippen molar-refractivity contribution in [2.24, 2.45) is 5.16 Å². The number of nitrogens with zero attached hydrogens (tertiary/aromatic N) is 4. The number of hydrogen-bond acceptors (Lipinski definition) is 13. The van der Waals surface area contributed by atoms with Crippen molar-refractivity contribution >= 4 is 132 Å². The number of rotatable bonds is 10. The number of aromatic nitrogens is 2. The fraction of sp³-hybridized carbons (Fsp3) is 0.350. The Bertz CT molecular complexity index is 1340. The van der Waals surface area contributed by atoms with Gasteiger partial charge in [0.25, 0.3) is 11.8 Å². The van der Waals surface area contributed by atoms with Gasteiger partial charge >= 0.3 is 63.3 Å². The number of thioether (sulfide) groups is 2. The molecular weight excluding hydrogens is 604 g/mol. The van der Waals surface area contributed by atoms with Crippen LogP contribution in [0.4, 0.5) is 5.13 Å². The van der Waals surface area contributed by atoms with E-state index in [-0.39, 0.29) is 85.8 Å². The summed E-state index contributed by atoms with van der Waals surface area (Å²) in [5.41, 5.74) is 6.70. The molecule has 0 bridgehead atoms. The summed E-state index contributed by atoms with van der Waals surface area (Å²) in [7, 11) is 1.26. The monoisotopic (exact) mass is 624 g/mol. The summed E-state index contributed by atoms with van der Waals surface area (Å²) in [6.45, 7) is 1.72. The number of carboxylic acid groups (broad SMARTS) is 2. The Morgan fingerprint density at radius 2 is 2.08 bits per heavy atom. The van der Waals surface area contributed by atoms with Gasteiger partial charge in [-0.15, -0.1) is 34.4 Å². The maximum absolute atomic E-state index is 13.0. The van der Waals surface area contributed by atoms with Crippen LogP contribution in [0.15, 0.2) is 26.1 Å². The third-order valence-corrected chi connectivity index (χ3v) is 9.65. The molecule has 2 aromatic rings. The average Bonchev–Trinajstić information content (AvgIpc) is 3.42. The van der Waals surface area contributed by atoms with Gasteiger partial charge in [-0.1, -0.05) is 16.9 Å². The minimum absolute atomic E-state index is 0. The third kappa shape index (κ3) is 6.61. The number of nitrogen functional groups attached to an aromatic ring is 1. The first kappa shape index (κ1) is 31.0. The molecule has 2 amide bonds. The molecule has 5 N–H and O–H groups in total. The molecule has 2 aliphatic rings. The standard InChI is InChI=1S/C20H20N6O7S4.K.H/c1-7-10(3-11(27)28)37-20(22-7)36-5-8-4-34-17-13(16(30)26(17)14(8)18(31)32)24-15(29)12(25-33-2)9-6-35-19(21)23-9;;/h6,13,17H,3-5H2,1-2H3,(H2,21,23)(H,24,29)(H,27,28)(H,31,32);;/b25-12-;;/t13-,17-;;/m1../s1. The van der Waals surface area contributed by atoms with Crippen LogP contribution < -0.4 is 11.1 Å². The van der Waals surface area contributed by atoms with Gasteiger partial charge in [0.1, 0.15) is 29.9 Å². The number of thiazole rings is 2. The molecule has 0 saturated carbocycles. The molecule has 13 nitrogen and oxygen atoms in total. The van der Waals surface area contributed by atoms with Gasteiger partial charge in [-0.2, -0.15) is 0 Å². The van der Waals surface area contributed by atoms with Crippen LogP contribution in [0.1, 0.15) is 16.3 Å². The molecule has 2 aromatic heterocycles. The molecule has 18 heteroatoms. The molecule has 1 saturated heterocycles. The number of β-lactam (4-membered cyclic amide) rings is 1. The van der Waals surface area contributed by atoms with Crippen LogP contribution in [0.25, 0.3) is 0 Å². The van der Waals surface area contributed by atoms with Gasteiger partial charge in [0.15, 0.2) is 15.2 Å². The molecule has 4 rings (SSSR count). The topological polar surface area (TPSA) is 197 Å². The maximum atomic E-state index is 13.0. The summed E-state index contributed by atoms with van der Waals surface area (Å²) in [5, 5.41) is 26.3. The first-order valence-electron chi connectivity index (χ1n) is 10.4. The molecule has 0 aliphatic carbocycles. The normalized spacial score (nSPS) is 18.8. The van der Waals surface area contributed by atoms with Crippen molar-refractivity contribution in [1.82, 2.24) is 20.2 Å².